The van der Waals surface area contributed by atoms with Crippen LogP contribution in [-0.2, 0) is 11.8 Å². The monoisotopic (exact) mass is 453 g/mol. The number of aromatic nitrogens is 3. The molecule has 1 amide bonds. The van der Waals surface area contributed by atoms with Crippen LogP contribution < -0.4 is 11.1 Å². The first kappa shape index (κ1) is 22.8. The lowest BCUT2D eigenvalue weighted by Crippen LogP contribution is -2.13. The number of hydrogen-bond donors (Lipinski definition) is 2. The number of alkyl halides is 1. The largest absolute Gasteiger partial charge is 0.389 e. The van der Waals surface area contributed by atoms with Crippen molar-refractivity contribution in [3.63, 3.8) is 0 Å². The first-order valence-corrected chi connectivity index (χ1v) is 10.4. The molecule has 0 saturated carbocycles. The molecule has 2 aromatic heterocycles. The van der Waals surface area contributed by atoms with Gasteiger partial charge in [-0.2, -0.15) is 5.10 Å². The number of aryl methyl sites for hydroxylation is 1. The summed E-state index contributed by atoms with van der Waals surface area (Å²) in [5.74, 6) is -2.11. The second-order valence-corrected chi connectivity index (χ2v) is 7.86. The molecule has 3 aromatic rings. The number of anilines is 2. The Morgan fingerprint density at radius 3 is 2.71 bits per heavy atom. The van der Waals surface area contributed by atoms with Crippen LogP contribution in [0.4, 0.5) is 23.9 Å². The van der Waals surface area contributed by atoms with Crippen molar-refractivity contribution in [1.82, 2.24) is 14.8 Å². The van der Waals surface area contributed by atoms with E-state index in [0.717, 1.165) is 36.5 Å². The number of nitrogens with zero attached hydrogens (tertiary/aromatic N) is 3. The summed E-state index contributed by atoms with van der Waals surface area (Å²) < 4.78 is 46.5. The highest BCUT2D eigenvalue weighted by Crippen LogP contribution is 2.33. The van der Waals surface area contributed by atoms with Crippen LogP contribution in [0.25, 0.3) is 10.6 Å². The first-order chi connectivity index (χ1) is 14.8. The van der Waals surface area contributed by atoms with Gasteiger partial charge in [-0.05, 0) is 25.0 Å². The molecule has 0 bridgehead atoms. The topological polar surface area (TPSA) is 95.1 Å². The van der Waals surface area contributed by atoms with Crippen molar-refractivity contribution < 1.29 is 22.7 Å². The Labute approximate surface area is 181 Å². The molecule has 1 aliphatic heterocycles. The fourth-order valence-corrected chi connectivity index (χ4v) is 3.72. The smallest absolute Gasteiger partial charge is 0.277 e. The van der Waals surface area contributed by atoms with Gasteiger partial charge in [-0.3, -0.25) is 9.48 Å². The number of amides is 1. The Kier molecular flexibility index (Phi) is 7.64. The average molecular weight is 453 g/mol. The molecule has 3 heterocycles. The molecule has 1 aliphatic rings. The van der Waals surface area contributed by atoms with Crippen LogP contribution in [0.5, 0.6) is 0 Å². The first-order valence-electron chi connectivity index (χ1n) is 9.57. The summed E-state index contributed by atoms with van der Waals surface area (Å²) in [6, 6.07) is 3.48. The minimum absolute atomic E-state index is 0.00874. The third kappa shape index (κ3) is 6.05. The number of hydrogen-bond acceptors (Lipinski definition) is 6. The van der Waals surface area contributed by atoms with Gasteiger partial charge in [0.15, 0.2) is 5.69 Å². The summed E-state index contributed by atoms with van der Waals surface area (Å²) in [7, 11) is 1.70. The molecule has 166 valence electrons. The highest BCUT2D eigenvalue weighted by atomic mass is 32.1. The van der Waals surface area contributed by atoms with Crippen molar-refractivity contribution >= 4 is 27.9 Å². The van der Waals surface area contributed by atoms with Gasteiger partial charge in [0.05, 0.1) is 17.4 Å². The van der Waals surface area contributed by atoms with Gasteiger partial charge in [0.25, 0.3) is 5.91 Å². The van der Waals surface area contributed by atoms with E-state index in [9.17, 15) is 18.0 Å². The maximum atomic E-state index is 13.8. The van der Waals surface area contributed by atoms with E-state index in [1.165, 1.54) is 16.9 Å². The molecule has 31 heavy (non-hydrogen) atoms. The van der Waals surface area contributed by atoms with Gasteiger partial charge in [0.1, 0.15) is 27.8 Å². The predicted molar refractivity (Wildman–Crippen MR) is 113 cm³/mol. The van der Waals surface area contributed by atoms with Gasteiger partial charge >= 0.3 is 0 Å². The molecule has 0 spiro atoms. The van der Waals surface area contributed by atoms with Gasteiger partial charge in [0, 0.05) is 32.9 Å². The lowest BCUT2D eigenvalue weighted by Gasteiger charge is -2.00. The number of halogens is 3. The van der Waals surface area contributed by atoms with Crippen LogP contribution in [0, 0.1) is 11.6 Å². The fourth-order valence-electron chi connectivity index (χ4n) is 2.84. The zero-order valence-corrected chi connectivity index (χ0v) is 17.6. The van der Waals surface area contributed by atoms with Crippen LogP contribution in [-0.4, -0.2) is 40.1 Å². The molecule has 1 aromatic carbocycles. The molecule has 11 heteroatoms. The standard InChI is InChI=1S/C14H11F2N5OS.C6H11FO/c1-21-6-7(5-18-21)19-13(22)11-12(17)23-14(20-11)10-8(15)3-2-4-9(10)16;7-6-2-1-4-8-5-3-6/h2-6H,17H2,1H3,(H,19,22);6H,1-5H2. The maximum absolute atomic E-state index is 13.8. The van der Waals surface area contributed by atoms with Crippen molar-refractivity contribution in [3.8, 4) is 10.6 Å². The SMILES string of the molecule is Cn1cc(NC(=O)c2nc(-c3c(F)cccc3F)sc2N)cn1.FC1CCCOCC1. The lowest BCUT2D eigenvalue weighted by molar-refractivity contribution is 0.102. The number of carbonyl (C=O) groups is 1. The molecule has 1 saturated heterocycles. The van der Waals surface area contributed by atoms with Gasteiger partial charge in [0.2, 0.25) is 0 Å². The van der Waals surface area contributed by atoms with Crippen LogP contribution in [0.2, 0.25) is 0 Å². The second kappa shape index (κ2) is 10.4. The molecule has 7 nitrogen and oxygen atoms in total. The molecule has 4 rings (SSSR count). The van der Waals surface area contributed by atoms with Crippen molar-refractivity contribution in [1.29, 1.82) is 0 Å². The molecule has 3 N–H and O–H groups in total. The Bertz CT molecular complexity index is 1010. The van der Waals surface area contributed by atoms with Crippen LogP contribution in [0.3, 0.4) is 0 Å². The zero-order chi connectivity index (χ0) is 22.4. The highest BCUT2D eigenvalue weighted by Gasteiger charge is 2.21. The summed E-state index contributed by atoms with van der Waals surface area (Å²) in [6.07, 6.45) is 4.63. The quantitative estimate of drug-likeness (QED) is 0.620. The molecule has 0 radical (unpaired) electrons. The molecule has 1 atom stereocenters. The Morgan fingerprint density at radius 2 is 2.03 bits per heavy atom. The summed E-state index contributed by atoms with van der Waals surface area (Å²) >= 11 is 0.845. The summed E-state index contributed by atoms with van der Waals surface area (Å²) in [5, 5.41) is 6.57. The Balaban J connectivity index is 0.000000287. The third-order valence-electron chi connectivity index (χ3n) is 4.39. The number of benzene rings is 1. The van der Waals surface area contributed by atoms with Crippen molar-refractivity contribution in [2.45, 2.75) is 25.4 Å². The van der Waals surface area contributed by atoms with Crippen LogP contribution in [0.15, 0.2) is 30.6 Å². The number of carbonyl (C=O) groups excluding carboxylic acids is 1. The van der Waals surface area contributed by atoms with Crippen LogP contribution >= 0.6 is 11.3 Å². The van der Waals surface area contributed by atoms with E-state index in [2.05, 4.69) is 15.4 Å². The Morgan fingerprint density at radius 1 is 1.29 bits per heavy atom. The second-order valence-electron chi connectivity index (χ2n) is 6.83. The molecule has 1 fully saturated rings. The molecular formula is C20H22F3N5O2S. The highest BCUT2D eigenvalue weighted by molar-refractivity contribution is 7.19. The van der Waals surface area contributed by atoms with E-state index < -0.39 is 23.7 Å². The molecular weight excluding hydrogens is 431 g/mol. The summed E-state index contributed by atoms with van der Waals surface area (Å²) in [6.45, 7) is 1.36. The minimum atomic E-state index is -0.766. The fraction of sp³-hybridized carbons (Fsp3) is 0.350. The number of nitrogens with one attached hydrogen (secondary N) is 1. The maximum Gasteiger partial charge on any atom is 0.277 e. The van der Waals surface area contributed by atoms with Gasteiger partial charge in [-0.25, -0.2) is 18.2 Å². The normalized spacial score (nSPS) is 16.2. The number of nitrogens with two attached hydrogens (primary N) is 1. The van der Waals surface area contributed by atoms with Gasteiger partial charge in [-0.15, -0.1) is 0 Å². The summed E-state index contributed by atoms with van der Waals surface area (Å²) in [4.78, 5) is 16.2. The molecule has 1 unspecified atom stereocenters. The van der Waals surface area contributed by atoms with E-state index in [1.54, 1.807) is 13.2 Å². The van der Waals surface area contributed by atoms with E-state index in [1.807, 2.05) is 0 Å². The third-order valence-corrected chi connectivity index (χ3v) is 5.29. The van der Waals surface area contributed by atoms with Gasteiger partial charge in [-0.1, -0.05) is 17.4 Å². The van der Waals surface area contributed by atoms with Crippen molar-refractivity contribution in [2.75, 3.05) is 24.3 Å². The lowest BCUT2D eigenvalue weighted by atomic mass is 10.2. The van der Waals surface area contributed by atoms with E-state index in [-0.39, 0.29) is 21.3 Å². The number of nitrogen functional groups attached to an aromatic ring is 1. The van der Waals surface area contributed by atoms with E-state index >= 15 is 0 Å². The van der Waals surface area contributed by atoms with Crippen LogP contribution in [0.1, 0.15) is 29.8 Å². The van der Waals surface area contributed by atoms with Crippen molar-refractivity contribution in [2.24, 2.45) is 7.05 Å². The number of thiazole rings is 1. The average Bonchev–Trinajstić information content (AvgIpc) is 3.21. The van der Waals surface area contributed by atoms with E-state index in [4.69, 9.17) is 10.5 Å². The molecule has 0 aliphatic carbocycles. The number of rotatable bonds is 3. The van der Waals surface area contributed by atoms with Gasteiger partial charge < -0.3 is 15.8 Å². The summed E-state index contributed by atoms with van der Waals surface area (Å²) in [5.41, 5.74) is 5.84. The zero-order valence-electron chi connectivity index (χ0n) is 16.8. The van der Waals surface area contributed by atoms with Crippen molar-refractivity contribution in [3.05, 3.63) is 47.9 Å². The predicted octanol–water partition coefficient (Wildman–Crippen LogP) is 4.18. The van der Waals surface area contributed by atoms with E-state index in [0.29, 0.717) is 25.1 Å². The number of ether oxygens (including phenoxy) is 1. The Hall–Kier alpha value is -2.92. The minimum Gasteiger partial charge on any atom is -0.389 e.